The van der Waals surface area contributed by atoms with Gasteiger partial charge in [-0.25, -0.2) is 13.2 Å². The molecular weight excluding hydrogens is 270 g/mol. The molecule has 1 atom stereocenters. The van der Waals surface area contributed by atoms with Gasteiger partial charge in [-0.1, -0.05) is 30.3 Å². The molecule has 2 N–H and O–H groups in total. The van der Waals surface area contributed by atoms with Gasteiger partial charge in [-0.15, -0.1) is 0 Å². The summed E-state index contributed by atoms with van der Waals surface area (Å²) in [6.45, 7) is -0.378. The number of sulfone groups is 1. The van der Waals surface area contributed by atoms with Crippen LogP contribution in [0.25, 0.3) is 0 Å². The van der Waals surface area contributed by atoms with E-state index in [1.165, 1.54) is 0 Å². The first-order valence-electron chi connectivity index (χ1n) is 5.66. The largest absolute Gasteiger partial charge is 0.445 e. The zero-order valence-corrected chi connectivity index (χ0v) is 11.4. The van der Waals surface area contributed by atoms with E-state index in [0.717, 1.165) is 11.8 Å². The molecule has 0 spiro atoms. The number of benzene rings is 1. The number of aliphatic hydroxyl groups excluding tert-OH is 1. The van der Waals surface area contributed by atoms with E-state index in [0.29, 0.717) is 0 Å². The number of carbonyl (C=O) groups is 1. The van der Waals surface area contributed by atoms with Crippen molar-refractivity contribution in [1.29, 1.82) is 0 Å². The molecule has 0 aliphatic rings. The SMILES string of the molecule is CS(=O)(=O)C[C@@H](CO)NC(=O)OCc1ccccc1. The van der Waals surface area contributed by atoms with Crippen LogP contribution < -0.4 is 5.32 Å². The Morgan fingerprint density at radius 3 is 2.53 bits per heavy atom. The first-order chi connectivity index (χ1) is 8.90. The summed E-state index contributed by atoms with van der Waals surface area (Å²) in [5.74, 6) is -0.329. The van der Waals surface area contributed by atoms with Crippen molar-refractivity contribution in [1.82, 2.24) is 5.32 Å². The number of rotatable bonds is 6. The molecule has 1 rings (SSSR count). The highest BCUT2D eigenvalue weighted by Crippen LogP contribution is 2.01. The number of alkyl carbamates (subject to hydrolysis) is 1. The van der Waals surface area contributed by atoms with Gasteiger partial charge in [-0.2, -0.15) is 0 Å². The molecule has 0 aliphatic heterocycles. The lowest BCUT2D eigenvalue weighted by atomic mass is 10.2. The lowest BCUT2D eigenvalue weighted by Gasteiger charge is -2.15. The monoisotopic (exact) mass is 287 g/mol. The minimum absolute atomic E-state index is 0.0870. The summed E-state index contributed by atoms with van der Waals surface area (Å²) in [6, 6.07) is 8.21. The van der Waals surface area contributed by atoms with Gasteiger partial charge in [0.2, 0.25) is 0 Å². The minimum Gasteiger partial charge on any atom is -0.445 e. The molecule has 0 saturated heterocycles. The maximum absolute atomic E-state index is 11.4. The van der Waals surface area contributed by atoms with Crippen LogP contribution in [-0.4, -0.2) is 44.3 Å². The van der Waals surface area contributed by atoms with Crippen LogP contribution in [0, 0.1) is 0 Å². The van der Waals surface area contributed by atoms with Crippen molar-refractivity contribution in [2.24, 2.45) is 0 Å². The Hall–Kier alpha value is -1.60. The lowest BCUT2D eigenvalue weighted by Crippen LogP contribution is -2.42. The fourth-order valence-corrected chi connectivity index (χ4v) is 2.36. The third-order valence-electron chi connectivity index (χ3n) is 2.26. The molecule has 19 heavy (non-hydrogen) atoms. The average molecular weight is 287 g/mol. The number of amides is 1. The maximum atomic E-state index is 11.4. The standard InChI is InChI=1S/C12H17NO5S/c1-19(16,17)9-11(7-14)13-12(15)18-8-10-5-3-2-4-6-10/h2-6,11,14H,7-9H2,1H3,(H,13,15)/t11-/m1/s1. The number of hydrogen-bond donors (Lipinski definition) is 2. The minimum atomic E-state index is -3.28. The molecule has 6 nitrogen and oxygen atoms in total. The molecule has 106 valence electrons. The van der Waals surface area contributed by atoms with Gasteiger partial charge in [0.15, 0.2) is 0 Å². The van der Waals surface area contributed by atoms with E-state index in [2.05, 4.69) is 5.32 Å². The van der Waals surface area contributed by atoms with Crippen molar-refractivity contribution in [3.63, 3.8) is 0 Å². The Morgan fingerprint density at radius 2 is 2.00 bits per heavy atom. The highest BCUT2D eigenvalue weighted by Gasteiger charge is 2.17. The van der Waals surface area contributed by atoms with E-state index < -0.39 is 28.6 Å². The van der Waals surface area contributed by atoms with Crippen molar-refractivity contribution < 1.29 is 23.1 Å². The van der Waals surface area contributed by atoms with Crippen LogP contribution in [0.5, 0.6) is 0 Å². The Kier molecular flexibility index (Phi) is 5.78. The molecule has 7 heteroatoms. The van der Waals surface area contributed by atoms with Crippen LogP contribution in [0.2, 0.25) is 0 Å². The quantitative estimate of drug-likeness (QED) is 0.786. The number of hydrogen-bond acceptors (Lipinski definition) is 5. The molecule has 1 amide bonds. The molecule has 0 aliphatic carbocycles. The van der Waals surface area contributed by atoms with Gasteiger partial charge in [0, 0.05) is 6.26 Å². The number of nitrogens with one attached hydrogen (secondary N) is 1. The molecule has 0 fully saturated rings. The van der Waals surface area contributed by atoms with Crippen LogP contribution in [0.4, 0.5) is 4.79 Å². The van der Waals surface area contributed by atoms with Gasteiger partial charge in [0.25, 0.3) is 0 Å². The predicted molar refractivity (Wildman–Crippen MR) is 70.3 cm³/mol. The van der Waals surface area contributed by atoms with Crippen LogP contribution in [-0.2, 0) is 21.2 Å². The normalized spacial score (nSPS) is 12.7. The Balaban J connectivity index is 2.41. The Bertz CT molecular complexity index is 500. The van der Waals surface area contributed by atoms with E-state index in [1.54, 1.807) is 12.1 Å². The van der Waals surface area contributed by atoms with Gasteiger partial charge in [0.1, 0.15) is 16.4 Å². The van der Waals surface area contributed by atoms with E-state index in [-0.39, 0.29) is 12.4 Å². The van der Waals surface area contributed by atoms with Gasteiger partial charge >= 0.3 is 6.09 Å². The van der Waals surface area contributed by atoms with E-state index in [9.17, 15) is 13.2 Å². The number of carbonyl (C=O) groups excluding carboxylic acids is 1. The van der Waals surface area contributed by atoms with Gasteiger partial charge in [-0.3, -0.25) is 0 Å². The first kappa shape index (κ1) is 15.5. The molecule has 1 aromatic carbocycles. The highest BCUT2D eigenvalue weighted by molar-refractivity contribution is 7.90. The first-order valence-corrected chi connectivity index (χ1v) is 7.72. The predicted octanol–water partition coefficient (Wildman–Crippen LogP) is 0.318. The summed E-state index contributed by atoms with van der Waals surface area (Å²) < 4.78 is 27.0. The smallest absolute Gasteiger partial charge is 0.407 e. The third-order valence-corrected chi connectivity index (χ3v) is 3.27. The zero-order valence-electron chi connectivity index (χ0n) is 10.6. The Morgan fingerprint density at radius 1 is 1.37 bits per heavy atom. The maximum Gasteiger partial charge on any atom is 0.407 e. The third kappa shape index (κ3) is 6.78. The second-order valence-electron chi connectivity index (χ2n) is 4.18. The van der Waals surface area contributed by atoms with Crippen molar-refractivity contribution in [2.75, 3.05) is 18.6 Å². The molecule has 0 heterocycles. The van der Waals surface area contributed by atoms with E-state index in [1.807, 2.05) is 18.2 Å². The lowest BCUT2D eigenvalue weighted by molar-refractivity contribution is 0.131. The van der Waals surface area contributed by atoms with Crippen LogP contribution in [0.1, 0.15) is 5.56 Å². The molecule has 1 aromatic rings. The van der Waals surface area contributed by atoms with E-state index in [4.69, 9.17) is 9.84 Å². The van der Waals surface area contributed by atoms with Gasteiger partial charge < -0.3 is 15.2 Å². The number of ether oxygens (including phenoxy) is 1. The molecular formula is C12H17NO5S. The zero-order chi connectivity index (χ0) is 14.3. The fourth-order valence-electron chi connectivity index (χ4n) is 1.44. The van der Waals surface area contributed by atoms with Gasteiger partial charge in [0.05, 0.1) is 18.4 Å². The molecule has 0 aromatic heterocycles. The average Bonchev–Trinajstić information content (AvgIpc) is 2.35. The summed E-state index contributed by atoms with van der Waals surface area (Å²) in [4.78, 5) is 11.4. The van der Waals surface area contributed by atoms with Crippen molar-refractivity contribution >= 4 is 15.9 Å². The van der Waals surface area contributed by atoms with Crippen molar-refractivity contribution in [3.8, 4) is 0 Å². The Labute approximate surface area is 112 Å². The molecule has 0 unspecified atom stereocenters. The summed E-state index contributed by atoms with van der Waals surface area (Å²) in [6.07, 6.45) is 0.277. The number of aliphatic hydroxyl groups is 1. The summed E-state index contributed by atoms with van der Waals surface area (Å²) in [7, 11) is -3.28. The molecule has 0 radical (unpaired) electrons. The highest BCUT2D eigenvalue weighted by atomic mass is 32.2. The van der Waals surface area contributed by atoms with Crippen LogP contribution >= 0.6 is 0 Å². The fraction of sp³-hybridized carbons (Fsp3) is 0.417. The summed E-state index contributed by atoms with van der Waals surface area (Å²) >= 11 is 0. The summed E-state index contributed by atoms with van der Waals surface area (Å²) in [5.41, 5.74) is 0.821. The van der Waals surface area contributed by atoms with Crippen LogP contribution in [0.3, 0.4) is 0 Å². The molecule has 0 saturated carbocycles. The van der Waals surface area contributed by atoms with E-state index >= 15 is 0 Å². The summed E-state index contributed by atoms with van der Waals surface area (Å²) in [5, 5.41) is 11.3. The van der Waals surface area contributed by atoms with Crippen molar-refractivity contribution in [2.45, 2.75) is 12.6 Å². The topological polar surface area (TPSA) is 92.7 Å². The molecule has 0 bridgehead atoms. The van der Waals surface area contributed by atoms with Gasteiger partial charge in [-0.05, 0) is 5.56 Å². The van der Waals surface area contributed by atoms with Crippen molar-refractivity contribution in [3.05, 3.63) is 35.9 Å². The second kappa shape index (κ2) is 7.10. The van der Waals surface area contributed by atoms with Crippen LogP contribution in [0.15, 0.2) is 30.3 Å². The second-order valence-corrected chi connectivity index (χ2v) is 6.36.